The van der Waals surface area contributed by atoms with E-state index in [1.54, 1.807) is 60.6 Å². The van der Waals surface area contributed by atoms with E-state index in [0.717, 1.165) is 75.7 Å². The average Bonchev–Trinajstić information content (AvgIpc) is 1.61. The zero-order chi connectivity index (χ0) is 65.4. The van der Waals surface area contributed by atoms with E-state index < -0.39 is 60.9 Å². The molecule has 0 bridgehead atoms. The Bertz CT molecular complexity index is 4650. The van der Waals surface area contributed by atoms with Crippen LogP contribution in [0.25, 0.3) is 44.6 Å². The number of halogens is 6. The van der Waals surface area contributed by atoms with E-state index in [9.17, 15) is 35.2 Å². The number of nitrogens with zero attached hydrogens (tertiary/aromatic N) is 10. The molecule has 6 aromatic heterocycles. The second-order valence-electron chi connectivity index (χ2n) is 22.6. The Hall–Kier alpha value is -9.48. The molecular weight excluding hydrogens is 1230 g/mol. The van der Waals surface area contributed by atoms with Crippen molar-refractivity contribution in [3.05, 3.63) is 179 Å². The van der Waals surface area contributed by atoms with Crippen LogP contribution < -0.4 is 21.7 Å². The number of rotatable bonds is 13. The molecule has 2 aliphatic carbocycles. The van der Waals surface area contributed by atoms with E-state index in [4.69, 9.17) is 10.8 Å². The van der Waals surface area contributed by atoms with Gasteiger partial charge in [-0.1, -0.05) is 35.4 Å². The number of carboxylic acid groups (broad SMARTS) is 1. The molecule has 0 aliphatic heterocycles. The number of aryl methyl sites for hydroxylation is 6. The van der Waals surface area contributed by atoms with E-state index >= 15 is 17.6 Å². The minimum Gasteiger partial charge on any atom is -0.476 e. The molecule has 21 nitrogen and oxygen atoms in total. The third kappa shape index (κ3) is 14.0. The van der Waals surface area contributed by atoms with Gasteiger partial charge >= 0.3 is 5.97 Å². The molecular formula is C62H62F6N14O7S2. The number of hydrogen-bond acceptors (Lipinski definition) is 15. The van der Waals surface area contributed by atoms with E-state index in [0.29, 0.717) is 37.1 Å². The van der Waals surface area contributed by atoms with Crippen LogP contribution in [0.2, 0.25) is 0 Å². The van der Waals surface area contributed by atoms with E-state index in [1.165, 1.54) is 57.0 Å². The summed E-state index contributed by atoms with van der Waals surface area (Å²) in [6.45, 7) is 6.48. The first-order valence-corrected chi connectivity index (χ1v) is 31.6. The van der Waals surface area contributed by atoms with Crippen molar-refractivity contribution in [3.8, 4) is 22.8 Å². The van der Waals surface area contributed by atoms with Crippen LogP contribution in [-0.2, 0) is 34.1 Å². The molecule has 2 fully saturated rings. The van der Waals surface area contributed by atoms with Crippen molar-refractivity contribution >= 4 is 65.4 Å². The van der Waals surface area contributed by atoms with Crippen LogP contribution in [0.15, 0.2) is 120 Å². The number of carbonyl (C=O) groups excluding carboxylic acids is 1. The molecule has 0 spiro atoms. The molecule has 0 saturated heterocycles. The summed E-state index contributed by atoms with van der Waals surface area (Å²) >= 11 is 0. The molecule has 91 heavy (non-hydrogen) atoms. The van der Waals surface area contributed by atoms with Gasteiger partial charge in [-0.3, -0.25) is 4.79 Å². The molecule has 6 N–H and O–H groups in total. The molecule has 476 valence electrons. The fourth-order valence-electron chi connectivity index (χ4n) is 10.9. The molecule has 10 aromatic rings. The molecule has 29 heteroatoms. The second kappa shape index (κ2) is 26.2. The van der Waals surface area contributed by atoms with Gasteiger partial charge in [0.15, 0.2) is 52.2 Å². The minimum atomic E-state index is -4.32. The third-order valence-electron chi connectivity index (χ3n) is 15.5. The van der Waals surface area contributed by atoms with Gasteiger partial charge in [0.2, 0.25) is 0 Å². The Morgan fingerprint density at radius 2 is 0.978 bits per heavy atom. The number of aromatic nitrogens is 10. The maximum atomic E-state index is 15.4. The van der Waals surface area contributed by atoms with Crippen molar-refractivity contribution in [2.45, 2.75) is 113 Å². The van der Waals surface area contributed by atoms with E-state index in [1.807, 2.05) is 6.92 Å². The van der Waals surface area contributed by atoms with Gasteiger partial charge in [0.25, 0.3) is 26.0 Å². The molecule has 6 heterocycles. The maximum Gasteiger partial charge on any atom is 0.356 e. The number of carboxylic acids is 1. The summed E-state index contributed by atoms with van der Waals surface area (Å²) in [5.74, 6) is -7.03. The number of hydrogen-bond donors (Lipinski definition) is 5. The normalized spacial score (nSPS) is 16.8. The van der Waals surface area contributed by atoms with Crippen LogP contribution in [0.5, 0.6) is 0 Å². The first kappa shape index (κ1) is 64.5. The number of nitrogens with one attached hydrogen (secondary N) is 3. The summed E-state index contributed by atoms with van der Waals surface area (Å²) in [6, 6.07) is 14.8. The lowest BCUT2D eigenvalue weighted by Gasteiger charge is -2.30. The Morgan fingerprint density at radius 3 is 1.38 bits per heavy atom. The highest BCUT2D eigenvalue weighted by Gasteiger charge is 2.31. The largest absolute Gasteiger partial charge is 0.476 e. The number of imidazole rings is 2. The highest BCUT2D eigenvalue weighted by molar-refractivity contribution is 7.90. The van der Waals surface area contributed by atoms with Crippen molar-refractivity contribution in [1.29, 1.82) is 0 Å². The standard InChI is InChI=1S/C31H30F3N7O3S.C26H26F3N5O2S.C5H6N2O2/c1-17-7-9-22(10-8-17)45(43,44)41-14-24(23-11-19(32)12-25(33)28(23)41)29-36-18(2)27(34)30(39-29)37-20-5-4-6-21(13-20)38-31(42)26-15-40(3)16-35-26;1-14-6-8-19(9-7-14)37(35,36)34-13-21(20-10-16(27)11-22(28)24(20)34)25-31-15(2)23(29)26(33-25)32-18-5-3-4-17(30)12-18;1-7-2-4(5(8)9)6-3-7/h7-12,14-16,20-21H,4-6,13H2,1-3H3,(H,38,42)(H,36,37,39);6-11,13,17-18H,3-5,12,30H2,1-2H3,(H,31,32,33);2-3H,1H3,(H,8,9)/t20-,21+;17-,18+;/m01./s1. The monoisotopic (exact) mass is 1290 g/mol. The van der Waals surface area contributed by atoms with Crippen LogP contribution in [0.4, 0.5) is 38.0 Å². The van der Waals surface area contributed by atoms with Gasteiger partial charge in [-0.05, 0) is 115 Å². The summed E-state index contributed by atoms with van der Waals surface area (Å²) in [6.07, 6.45) is 14.2. The van der Waals surface area contributed by atoms with Gasteiger partial charge in [0, 0.05) is 97.1 Å². The van der Waals surface area contributed by atoms with Gasteiger partial charge in [0.1, 0.15) is 28.4 Å². The number of fused-ring (bicyclic) bond motifs is 2. The second-order valence-corrected chi connectivity index (χ2v) is 26.2. The molecule has 2 saturated carbocycles. The van der Waals surface area contributed by atoms with Gasteiger partial charge in [0.05, 0.1) is 33.8 Å². The van der Waals surface area contributed by atoms with E-state index in [2.05, 4.69) is 45.9 Å². The van der Waals surface area contributed by atoms with Crippen molar-refractivity contribution < 1.29 is 57.9 Å². The fourth-order valence-corrected chi connectivity index (χ4v) is 13.7. The lowest BCUT2D eigenvalue weighted by atomic mass is 9.91. The number of amides is 1. The highest BCUT2D eigenvalue weighted by Crippen LogP contribution is 2.38. The summed E-state index contributed by atoms with van der Waals surface area (Å²) < 4.78 is 149. The number of carbonyl (C=O) groups is 2. The molecule has 2 aliphatic rings. The van der Waals surface area contributed by atoms with Gasteiger partial charge in [-0.15, -0.1) is 0 Å². The minimum absolute atomic E-state index is 0.00627. The van der Waals surface area contributed by atoms with Crippen LogP contribution >= 0.6 is 0 Å². The first-order chi connectivity index (χ1) is 43.1. The van der Waals surface area contributed by atoms with Crippen LogP contribution in [0.1, 0.15) is 94.9 Å². The quantitative estimate of drug-likeness (QED) is 0.0671. The lowest BCUT2D eigenvalue weighted by molar-refractivity contribution is 0.0690. The Kier molecular flexibility index (Phi) is 18.5. The smallest absolute Gasteiger partial charge is 0.356 e. The zero-order valence-corrected chi connectivity index (χ0v) is 51.5. The molecule has 4 aromatic carbocycles. The Labute approximate surface area is 518 Å². The predicted molar refractivity (Wildman–Crippen MR) is 327 cm³/mol. The predicted octanol–water partition coefficient (Wildman–Crippen LogP) is 10.4. The number of anilines is 2. The van der Waals surface area contributed by atoms with Crippen molar-refractivity contribution in [3.63, 3.8) is 0 Å². The van der Waals surface area contributed by atoms with E-state index in [-0.39, 0.29) is 113 Å². The number of benzene rings is 4. The Balaban J connectivity index is 0.000000178. The van der Waals surface area contributed by atoms with Crippen molar-refractivity contribution in [1.82, 2.24) is 52.3 Å². The van der Waals surface area contributed by atoms with Crippen LogP contribution in [-0.4, -0.2) is 105 Å². The first-order valence-electron chi connectivity index (χ1n) is 28.7. The van der Waals surface area contributed by atoms with Crippen molar-refractivity contribution in [2.75, 3.05) is 10.6 Å². The fraction of sp³-hybridized carbons (Fsp3) is 0.290. The molecule has 12 rings (SSSR count). The van der Waals surface area contributed by atoms with Crippen LogP contribution in [0, 0.1) is 62.6 Å². The van der Waals surface area contributed by atoms with Crippen LogP contribution in [0.3, 0.4) is 0 Å². The molecule has 4 atom stereocenters. The van der Waals surface area contributed by atoms with Gasteiger partial charge < -0.3 is 35.9 Å². The maximum absolute atomic E-state index is 15.4. The Morgan fingerprint density at radius 1 is 0.560 bits per heavy atom. The molecule has 1 amide bonds. The number of nitrogens with two attached hydrogens (primary N) is 1. The van der Waals surface area contributed by atoms with Gasteiger partial charge in [-0.25, -0.2) is 85.8 Å². The molecule has 0 radical (unpaired) electrons. The topological polar surface area (TPSA) is 282 Å². The summed E-state index contributed by atoms with van der Waals surface area (Å²) in [7, 11) is -5.10. The average molecular weight is 1290 g/mol. The third-order valence-corrected chi connectivity index (χ3v) is 18.9. The van der Waals surface area contributed by atoms with Crippen molar-refractivity contribution in [2.24, 2.45) is 19.8 Å². The lowest BCUT2D eigenvalue weighted by Crippen LogP contribution is -2.42. The zero-order valence-electron chi connectivity index (χ0n) is 49.9. The number of aromatic carboxylic acids is 1. The molecule has 0 unspecified atom stereocenters. The van der Waals surface area contributed by atoms with Gasteiger partial charge in [-0.2, -0.15) is 0 Å². The highest BCUT2D eigenvalue weighted by atomic mass is 32.2. The summed E-state index contributed by atoms with van der Waals surface area (Å²) in [4.78, 5) is 47.4. The SMILES string of the molecule is Cc1ccc(S(=O)(=O)n2cc(-c3nc(C)c(F)c(N[C@H]4CCC[C@@H](N)C4)n3)c3cc(F)cc(F)c32)cc1.Cc1ccc(S(=O)(=O)n2cc(-c3nc(C)c(F)c(N[C@H]4CCC[C@@H](NC(=O)c5cn(C)cn5)C4)n3)c3cc(F)cc(F)c32)cc1.Cn1cnc(C(=O)O)c1. The summed E-state index contributed by atoms with van der Waals surface area (Å²) in [5.41, 5.74) is 7.40. The summed E-state index contributed by atoms with van der Waals surface area (Å²) in [5, 5.41) is 17.4.